The number of amides is 1. The predicted octanol–water partition coefficient (Wildman–Crippen LogP) is 1.15. The molecule has 1 aromatic carbocycles. The largest absolute Gasteiger partial charge is 0.359 e. The Bertz CT molecular complexity index is 635. The van der Waals surface area contributed by atoms with Crippen molar-refractivity contribution in [2.45, 2.75) is 24.3 Å². The third-order valence-corrected chi connectivity index (χ3v) is 5.36. The van der Waals surface area contributed by atoms with Gasteiger partial charge >= 0.3 is 0 Å². The fourth-order valence-electron chi connectivity index (χ4n) is 2.11. The van der Waals surface area contributed by atoms with Gasteiger partial charge in [0.2, 0.25) is 10.0 Å². The zero-order valence-corrected chi connectivity index (χ0v) is 13.5. The van der Waals surface area contributed by atoms with Crippen molar-refractivity contribution in [3.63, 3.8) is 0 Å². The molecule has 0 atom stereocenters. The lowest BCUT2D eigenvalue weighted by Gasteiger charge is -2.29. The summed E-state index contributed by atoms with van der Waals surface area (Å²) in [5, 5.41) is 0. The molecule has 0 bridgehead atoms. The minimum atomic E-state index is -3.48. The minimum absolute atomic E-state index is 0.161. The highest BCUT2D eigenvalue weighted by atomic mass is 32.2. The smallest absolute Gasteiger partial charge is 0.256 e. The van der Waals surface area contributed by atoms with E-state index < -0.39 is 10.0 Å². The molecule has 116 valence electrons. The van der Waals surface area contributed by atoms with Crippen LogP contribution in [-0.2, 0) is 14.8 Å². The van der Waals surface area contributed by atoms with Gasteiger partial charge in [0.05, 0.1) is 17.0 Å². The van der Waals surface area contributed by atoms with E-state index in [0.29, 0.717) is 12.2 Å². The molecule has 21 heavy (non-hydrogen) atoms. The van der Waals surface area contributed by atoms with E-state index in [1.807, 2.05) is 13.8 Å². The van der Waals surface area contributed by atoms with E-state index in [1.165, 1.54) is 38.4 Å². The molecule has 0 N–H and O–H groups in total. The molecular formula is C14H20N2O4S. The van der Waals surface area contributed by atoms with Gasteiger partial charge in [0.15, 0.2) is 0 Å². The maximum Gasteiger partial charge on any atom is 0.256 e. The Morgan fingerprint density at radius 2 is 1.81 bits per heavy atom. The molecule has 1 heterocycles. The Kier molecular flexibility index (Phi) is 4.10. The highest BCUT2D eigenvalue weighted by molar-refractivity contribution is 7.89. The van der Waals surface area contributed by atoms with E-state index in [0.717, 1.165) is 4.31 Å². The van der Waals surface area contributed by atoms with Gasteiger partial charge in [-0.1, -0.05) is 0 Å². The van der Waals surface area contributed by atoms with Gasteiger partial charge in [-0.3, -0.25) is 4.79 Å². The quantitative estimate of drug-likeness (QED) is 0.839. The standard InChI is InChI=1S/C14H20N2O4S/c1-14(2)9-20-10-16(14)13(17)11-5-7-12(8-6-11)21(18,19)15(3)4/h5-8H,9-10H2,1-4H3. The van der Waals surface area contributed by atoms with Crippen LogP contribution in [0.1, 0.15) is 24.2 Å². The van der Waals surface area contributed by atoms with Crippen molar-refractivity contribution >= 4 is 15.9 Å². The first kappa shape index (κ1) is 15.9. The molecule has 1 fully saturated rings. The van der Waals surface area contributed by atoms with Crippen molar-refractivity contribution in [3.05, 3.63) is 29.8 Å². The van der Waals surface area contributed by atoms with Crippen LogP contribution in [0.15, 0.2) is 29.2 Å². The highest BCUT2D eigenvalue weighted by Gasteiger charge is 2.36. The van der Waals surface area contributed by atoms with E-state index in [1.54, 1.807) is 4.90 Å². The number of carbonyl (C=O) groups is 1. The Morgan fingerprint density at radius 1 is 1.24 bits per heavy atom. The number of rotatable bonds is 3. The van der Waals surface area contributed by atoms with E-state index in [4.69, 9.17) is 4.74 Å². The molecule has 0 unspecified atom stereocenters. The average molecular weight is 312 g/mol. The van der Waals surface area contributed by atoms with Gasteiger partial charge in [-0.2, -0.15) is 0 Å². The fraction of sp³-hybridized carbons (Fsp3) is 0.500. The maximum atomic E-state index is 12.4. The lowest BCUT2D eigenvalue weighted by atomic mass is 10.0. The van der Waals surface area contributed by atoms with Crippen LogP contribution in [0, 0.1) is 0 Å². The summed E-state index contributed by atoms with van der Waals surface area (Å²) in [7, 11) is -0.536. The maximum absolute atomic E-state index is 12.4. The molecule has 1 aliphatic rings. The Hall–Kier alpha value is -1.44. The SMILES string of the molecule is CN(C)S(=O)(=O)c1ccc(C(=O)N2COCC2(C)C)cc1. The second kappa shape index (κ2) is 5.40. The fourth-order valence-corrected chi connectivity index (χ4v) is 3.01. The first-order valence-corrected chi connectivity index (χ1v) is 8.02. The normalized spacial score (nSPS) is 18.2. The highest BCUT2D eigenvalue weighted by Crippen LogP contribution is 2.24. The molecule has 0 saturated carbocycles. The monoisotopic (exact) mass is 312 g/mol. The predicted molar refractivity (Wildman–Crippen MR) is 78.4 cm³/mol. The summed E-state index contributed by atoms with van der Waals surface area (Å²) in [6.07, 6.45) is 0. The molecule has 0 radical (unpaired) electrons. The van der Waals surface area contributed by atoms with Gasteiger partial charge in [-0.15, -0.1) is 0 Å². The zero-order chi connectivity index (χ0) is 15.8. The molecular weight excluding hydrogens is 292 g/mol. The number of sulfonamides is 1. The van der Waals surface area contributed by atoms with Crippen LogP contribution in [0.5, 0.6) is 0 Å². The van der Waals surface area contributed by atoms with Crippen LogP contribution in [0.4, 0.5) is 0 Å². The van der Waals surface area contributed by atoms with Gasteiger partial charge in [0, 0.05) is 19.7 Å². The molecule has 1 amide bonds. The molecule has 2 rings (SSSR count). The molecule has 0 aliphatic carbocycles. The summed E-state index contributed by atoms with van der Waals surface area (Å²) in [6.45, 7) is 4.61. The summed E-state index contributed by atoms with van der Waals surface area (Å²) < 4.78 is 30.4. The summed E-state index contributed by atoms with van der Waals surface area (Å²) in [5.74, 6) is -0.161. The number of nitrogens with zero attached hydrogens (tertiary/aromatic N) is 2. The molecule has 0 aromatic heterocycles. The third kappa shape index (κ3) is 2.95. The molecule has 7 heteroatoms. The Morgan fingerprint density at radius 3 is 2.24 bits per heavy atom. The van der Waals surface area contributed by atoms with Gasteiger partial charge in [-0.05, 0) is 38.1 Å². The second-order valence-electron chi connectivity index (χ2n) is 5.83. The Labute approximate surface area is 125 Å². The molecule has 1 aromatic rings. The topological polar surface area (TPSA) is 66.9 Å². The van der Waals surface area contributed by atoms with Crippen LogP contribution in [0.3, 0.4) is 0 Å². The Balaban J connectivity index is 2.26. The summed E-state index contributed by atoms with van der Waals surface area (Å²) >= 11 is 0. The third-order valence-electron chi connectivity index (χ3n) is 3.53. The minimum Gasteiger partial charge on any atom is -0.359 e. The summed E-state index contributed by atoms with van der Waals surface area (Å²) in [4.78, 5) is 14.3. The summed E-state index contributed by atoms with van der Waals surface area (Å²) in [5.41, 5.74) is 0.0946. The average Bonchev–Trinajstić information content (AvgIpc) is 2.77. The van der Waals surface area contributed by atoms with Crippen molar-refractivity contribution in [1.82, 2.24) is 9.21 Å². The van der Waals surface area contributed by atoms with Crippen molar-refractivity contribution in [1.29, 1.82) is 0 Å². The van der Waals surface area contributed by atoms with Crippen LogP contribution >= 0.6 is 0 Å². The van der Waals surface area contributed by atoms with E-state index in [9.17, 15) is 13.2 Å². The van der Waals surface area contributed by atoms with Crippen molar-refractivity contribution in [2.24, 2.45) is 0 Å². The van der Waals surface area contributed by atoms with E-state index in [-0.39, 0.29) is 23.1 Å². The number of carbonyl (C=O) groups excluding carboxylic acids is 1. The zero-order valence-electron chi connectivity index (χ0n) is 12.7. The van der Waals surface area contributed by atoms with Crippen LogP contribution in [0.2, 0.25) is 0 Å². The molecule has 6 nitrogen and oxygen atoms in total. The van der Waals surface area contributed by atoms with Gasteiger partial charge in [0.25, 0.3) is 5.91 Å². The van der Waals surface area contributed by atoms with Crippen LogP contribution in [0.25, 0.3) is 0 Å². The molecule has 1 aliphatic heterocycles. The lowest BCUT2D eigenvalue weighted by molar-refractivity contribution is 0.0605. The van der Waals surface area contributed by atoms with Gasteiger partial charge in [-0.25, -0.2) is 12.7 Å². The first-order chi connectivity index (χ1) is 9.66. The molecule has 1 saturated heterocycles. The number of ether oxygens (including phenoxy) is 1. The number of hydrogen-bond acceptors (Lipinski definition) is 4. The number of benzene rings is 1. The lowest BCUT2D eigenvalue weighted by Crippen LogP contribution is -2.44. The van der Waals surface area contributed by atoms with Crippen molar-refractivity contribution < 1.29 is 17.9 Å². The van der Waals surface area contributed by atoms with Crippen molar-refractivity contribution in [3.8, 4) is 0 Å². The second-order valence-corrected chi connectivity index (χ2v) is 7.99. The molecule has 0 spiro atoms. The van der Waals surface area contributed by atoms with E-state index >= 15 is 0 Å². The van der Waals surface area contributed by atoms with Gasteiger partial charge in [0.1, 0.15) is 6.73 Å². The van der Waals surface area contributed by atoms with E-state index in [2.05, 4.69) is 0 Å². The van der Waals surface area contributed by atoms with Gasteiger partial charge < -0.3 is 9.64 Å². The van der Waals surface area contributed by atoms with Crippen LogP contribution in [-0.4, -0.2) is 56.5 Å². The first-order valence-electron chi connectivity index (χ1n) is 6.58. The summed E-state index contributed by atoms with van der Waals surface area (Å²) in [6, 6.07) is 5.97. The van der Waals surface area contributed by atoms with Crippen LogP contribution < -0.4 is 0 Å². The van der Waals surface area contributed by atoms with Crippen molar-refractivity contribution in [2.75, 3.05) is 27.4 Å². The number of hydrogen-bond donors (Lipinski definition) is 0.